The van der Waals surface area contributed by atoms with Crippen LogP contribution >= 0.6 is 0 Å². The van der Waals surface area contributed by atoms with Crippen LogP contribution in [0.25, 0.3) is 0 Å². The summed E-state index contributed by atoms with van der Waals surface area (Å²) in [4.78, 5) is 1.95. The first kappa shape index (κ1) is 11.9. The van der Waals surface area contributed by atoms with Gasteiger partial charge in [-0.1, -0.05) is 0 Å². The lowest BCUT2D eigenvalue weighted by Gasteiger charge is -2.10. The molecule has 0 heterocycles. The average molecular weight is 215 g/mol. The summed E-state index contributed by atoms with van der Waals surface area (Å²) in [5, 5.41) is 8.94. The summed E-state index contributed by atoms with van der Waals surface area (Å²) in [5.74, 6) is -1.72. The Bertz CT molecular complexity index is 316. The Morgan fingerprint density at radius 2 is 1.73 bits per heavy atom. The minimum absolute atomic E-state index is 0.0506. The molecule has 0 spiro atoms. The Morgan fingerprint density at radius 3 is 2.20 bits per heavy atom. The Balaban J connectivity index is 2.68. The highest BCUT2D eigenvalue weighted by Gasteiger charge is 2.10. The Morgan fingerprint density at radius 1 is 1.20 bits per heavy atom. The maximum atomic E-state index is 13.2. The number of nitrogens with zero attached hydrogens (tertiary/aromatic N) is 1. The number of hydrogen-bond donors (Lipinski definition) is 1. The van der Waals surface area contributed by atoms with Gasteiger partial charge in [-0.15, -0.1) is 0 Å². The van der Waals surface area contributed by atoms with E-state index in [2.05, 4.69) is 0 Å². The molecule has 0 saturated heterocycles. The number of benzene rings is 1. The number of phenolic OH excluding ortho intramolecular Hbond substituents is 1. The van der Waals surface area contributed by atoms with Crippen molar-refractivity contribution in [1.29, 1.82) is 0 Å². The summed E-state index contributed by atoms with van der Waals surface area (Å²) in [5.41, 5.74) is 0.0506. The first-order valence-electron chi connectivity index (χ1n) is 4.82. The highest BCUT2D eigenvalue weighted by atomic mass is 19.1. The van der Waals surface area contributed by atoms with Crippen molar-refractivity contribution >= 4 is 0 Å². The topological polar surface area (TPSA) is 23.5 Å². The van der Waals surface area contributed by atoms with Crippen LogP contribution in [0.3, 0.4) is 0 Å². The summed E-state index contributed by atoms with van der Waals surface area (Å²) in [6, 6.07) is 1.88. The Labute approximate surface area is 88.1 Å². The van der Waals surface area contributed by atoms with E-state index in [0.29, 0.717) is 12.8 Å². The third kappa shape index (κ3) is 3.47. The van der Waals surface area contributed by atoms with Gasteiger partial charge in [0.2, 0.25) is 0 Å². The molecule has 84 valence electrons. The van der Waals surface area contributed by atoms with E-state index in [9.17, 15) is 8.78 Å². The zero-order valence-corrected chi connectivity index (χ0v) is 8.93. The van der Waals surface area contributed by atoms with E-state index in [-0.39, 0.29) is 11.3 Å². The molecule has 1 rings (SSSR count). The minimum atomic E-state index is -0.675. The Kier molecular flexibility index (Phi) is 4.03. The molecule has 0 bridgehead atoms. The molecule has 0 atom stereocenters. The molecule has 1 aromatic carbocycles. The quantitative estimate of drug-likeness (QED) is 0.832. The molecule has 0 aliphatic heterocycles. The summed E-state index contributed by atoms with van der Waals surface area (Å²) < 4.78 is 26.4. The van der Waals surface area contributed by atoms with Crippen LogP contribution in [0.4, 0.5) is 8.78 Å². The summed E-state index contributed by atoms with van der Waals surface area (Å²) in [6.07, 6.45) is 1.03. The van der Waals surface area contributed by atoms with Crippen molar-refractivity contribution in [3.8, 4) is 5.75 Å². The van der Waals surface area contributed by atoms with Gasteiger partial charge in [0, 0.05) is 17.7 Å². The largest absolute Gasteiger partial charge is 0.508 e. The molecule has 0 amide bonds. The fourth-order valence-electron chi connectivity index (χ4n) is 1.40. The molecule has 2 nitrogen and oxygen atoms in total. The van der Waals surface area contributed by atoms with Gasteiger partial charge in [0.25, 0.3) is 0 Å². The van der Waals surface area contributed by atoms with E-state index in [4.69, 9.17) is 5.11 Å². The van der Waals surface area contributed by atoms with Gasteiger partial charge in [0.1, 0.15) is 17.4 Å². The third-order valence-corrected chi connectivity index (χ3v) is 2.16. The maximum Gasteiger partial charge on any atom is 0.132 e. The van der Waals surface area contributed by atoms with Crippen molar-refractivity contribution in [2.45, 2.75) is 12.8 Å². The van der Waals surface area contributed by atoms with Gasteiger partial charge in [-0.25, -0.2) is 8.78 Å². The lowest BCUT2D eigenvalue weighted by atomic mass is 10.1. The monoisotopic (exact) mass is 215 g/mol. The van der Waals surface area contributed by atoms with Crippen LogP contribution < -0.4 is 0 Å². The molecule has 0 aromatic heterocycles. The second kappa shape index (κ2) is 5.07. The van der Waals surface area contributed by atoms with Crippen LogP contribution in [0.1, 0.15) is 12.0 Å². The van der Waals surface area contributed by atoms with Gasteiger partial charge in [0.15, 0.2) is 0 Å². The van der Waals surface area contributed by atoms with Crippen LogP contribution in [0, 0.1) is 11.6 Å². The first-order chi connectivity index (χ1) is 7.00. The van der Waals surface area contributed by atoms with Crippen molar-refractivity contribution < 1.29 is 13.9 Å². The zero-order valence-electron chi connectivity index (χ0n) is 8.93. The van der Waals surface area contributed by atoms with E-state index < -0.39 is 11.6 Å². The van der Waals surface area contributed by atoms with Crippen LogP contribution in [0.5, 0.6) is 5.75 Å². The normalized spacial score (nSPS) is 11.0. The molecule has 0 fully saturated rings. The second-order valence-electron chi connectivity index (χ2n) is 3.79. The van der Waals surface area contributed by atoms with Gasteiger partial charge in [-0.05, 0) is 33.5 Å². The number of hydrogen-bond acceptors (Lipinski definition) is 2. The van der Waals surface area contributed by atoms with Gasteiger partial charge in [-0.3, -0.25) is 0 Å². The van der Waals surface area contributed by atoms with Crippen molar-refractivity contribution in [2.24, 2.45) is 0 Å². The number of phenols is 1. The van der Waals surface area contributed by atoms with Crippen molar-refractivity contribution in [1.82, 2.24) is 4.90 Å². The molecule has 0 unspecified atom stereocenters. The molecule has 0 radical (unpaired) electrons. The molecule has 1 aromatic rings. The summed E-state index contributed by atoms with van der Waals surface area (Å²) >= 11 is 0. The van der Waals surface area contributed by atoms with Crippen molar-refractivity contribution in [3.05, 3.63) is 29.3 Å². The van der Waals surface area contributed by atoms with Gasteiger partial charge >= 0.3 is 0 Å². The van der Waals surface area contributed by atoms with E-state index in [1.54, 1.807) is 0 Å². The van der Waals surface area contributed by atoms with Gasteiger partial charge in [-0.2, -0.15) is 0 Å². The first-order valence-corrected chi connectivity index (χ1v) is 4.82. The van der Waals surface area contributed by atoms with E-state index in [0.717, 1.165) is 18.7 Å². The van der Waals surface area contributed by atoms with E-state index >= 15 is 0 Å². The average Bonchev–Trinajstić information content (AvgIpc) is 2.08. The van der Waals surface area contributed by atoms with Gasteiger partial charge in [0.05, 0.1) is 0 Å². The summed E-state index contributed by atoms with van der Waals surface area (Å²) in [6.45, 7) is 0.778. The zero-order chi connectivity index (χ0) is 11.4. The summed E-state index contributed by atoms with van der Waals surface area (Å²) in [7, 11) is 3.81. The molecule has 0 saturated carbocycles. The third-order valence-electron chi connectivity index (χ3n) is 2.16. The molecule has 1 N–H and O–H groups in total. The fraction of sp³-hybridized carbons (Fsp3) is 0.455. The van der Waals surface area contributed by atoms with Crippen LogP contribution in [-0.2, 0) is 6.42 Å². The van der Waals surface area contributed by atoms with Gasteiger partial charge < -0.3 is 10.0 Å². The highest BCUT2D eigenvalue weighted by Crippen LogP contribution is 2.20. The smallest absolute Gasteiger partial charge is 0.132 e. The van der Waals surface area contributed by atoms with E-state index in [1.807, 2.05) is 19.0 Å². The van der Waals surface area contributed by atoms with Crippen molar-refractivity contribution in [2.75, 3.05) is 20.6 Å². The molecular formula is C11H15F2NO. The number of aromatic hydroxyl groups is 1. The fourth-order valence-corrected chi connectivity index (χ4v) is 1.40. The lowest BCUT2D eigenvalue weighted by molar-refractivity contribution is 0.396. The maximum absolute atomic E-state index is 13.2. The second-order valence-corrected chi connectivity index (χ2v) is 3.79. The predicted octanol–water partition coefficient (Wildman–Crippen LogP) is 2.16. The molecule has 4 heteroatoms. The van der Waals surface area contributed by atoms with Crippen LogP contribution in [0.2, 0.25) is 0 Å². The minimum Gasteiger partial charge on any atom is -0.508 e. The van der Waals surface area contributed by atoms with Crippen molar-refractivity contribution in [3.63, 3.8) is 0 Å². The van der Waals surface area contributed by atoms with E-state index in [1.165, 1.54) is 0 Å². The number of halogens is 2. The highest BCUT2D eigenvalue weighted by molar-refractivity contribution is 5.29. The predicted molar refractivity (Wildman–Crippen MR) is 54.9 cm³/mol. The number of rotatable bonds is 4. The SMILES string of the molecule is CN(C)CCCc1c(F)cc(O)cc1F. The lowest BCUT2D eigenvalue weighted by Crippen LogP contribution is -2.14. The van der Waals surface area contributed by atoms with Crippen LogP contribution in [-0.4, -0.2) is 30.6 Å². The molecule has 0 aliphatic rings. The molecule has 15 heavy (non-hydrogen) atoms. The van der Waals surface area contributed by atoms with Crippen LogP contribution in [0.15, 0.2) is 12.1 Å². The standard InChI is InChI=1S/C11H15F2NO/c1-14(2)5-3-4-9-10(12)6-8(15)7-11(9)13/h6-7,15H,3-5H2,1-2H3. The Hall–Kier alpha value is -1.16. The molecule has 0 aliphatic carbocycles. The molecular weight excluding hydrogens is 200 g/mol.